The Morgan fingerprint density at radius 1 is 1.33 bits per heavy atom. The van der Waals surface area contributed by atoms with Crippen LogP contribution in [0, 0.1) is 10.1 Å². The first-order valence-corrected chi connectivity index (χ1v) is 6.39. The molecular formula is C14H13N5O2. The van der Waals surface area contributed by atoms with Crippen LogP contribution in [0.15, 0.2) is 42.7 Å². The van der Waals surface area contributed by atoms with Gasteiger partial charge in [-0.1, -0.05) is 12.1 Å². The van der Waals surface area contributed by atoms with Crippen LogP contribution in [-0.2, 0) is 13.6 Å². The number of anilines is 1. The molecule has 106 valence electrons. The molecule has 1 N–H and O–H groups in total. The van der Waals surface area contributed by atoms with Crippen molar-refractivity contribution >= 4 is 22.3 Å². The number of rotatable bonds is 4. The minimum atomic E-state index is -0.419. The fourth-order valence-electron chi connectivity index (χ4n) is 2.21. The number of pyridine rings is 1. The summed E-state index contributed by atoms with van der Waals surface area (Å²) < 4.78 is 1.73. The first-order valence-electron chi connectivity index (χ1n) is 6.39. The molecule has 2 heterocycles. The first-order chi connectivity index (χ1) is 10.1. The molecule has 0 aliphatic heterocycles. The number of aryl methyl sites for hydroxylation is 1. The molecule has 0 bridgehead atoms. The summed E-state index contributed by atoms with van der Waals surface area (Å²) in [7, 11) is 1.86. The van der Waals surface area contributed by atoms with Crippen molar-refractivity contribution in [3.05, 3.63) is 58.5 Å². The number of nitrogens with zero attached hydrogens (tertiary/aromatic N) is 4. The highest BCUT2D eigenvalue weighted by Gasteiger charge is 2.14. The van der Waals surface area contributed by atoms with Crippen molar-refractivity contribution in [3.63, 3.8) is 0 Å². The van der Waals surface area contributed by atoms with Crippen LogP contribution < -0.4 is 5.32 Å². The lowest BCUT2D eigenvalue weighted by Crippen LogP contribution is -2.02. The van der Waals surface area contributed by atoms with Crippen LogP contribution in [0.4, 0.5) is 11.4 Å². The smallest absolute Gasteiger partial charge is 0.295 e. The lowest BCUT2D eigenvalue weighted by Gasteiger charge is -2.08. The lowest BCUT2D eigenvalue weighted by atomic mass is 10.1. The molecule has 0 amide bonds. The standard InChI is InChI=1S/C14H13N5O2/c1-18-8-6-10(17-18)9-16-12-5-7-15-14-11(12)3-2-4-13(14)19(20)21/h2-8H,9H2,1H3,(H,15,16). The maximum absolute atomic E-state index is 11.0. The second-order valence-electron chi connectivity index (χ2n) is 4.62. The van der Waals surface area contributed by atoms with E-state index in [0.29, 0.717) is 12.1 Å². The normalized spacial score (nSPS) is 10.7. The van der Waals surface area contributed by atoms with E-state index < -0.39 is 4.92 Å². The Hall–Kier alpha value is -2.96. The van der Waals surface area contributed by atoms with Gasteiger partial charge in [0.15, 0.2) is 0 Å². The number of benzene rings is 1. The van der Waals surface area contributed by atoms with Crippen molar-refractivity contribution in [2.24, 2.45) is 7.05 Å². The molecule has 21 heavy (non-hydrogen) atoms. The van der Waals surface area contributed by atoms with Gasteiger partial charge in [0.1, 0.15) is 5.52 Å². The summed E-state index contributed by atoms with van der Waals surface area (Å²) in [5.41, 5.74) is 2.09. The maximum Gasteiger partial charge on any atom is 0.295 e. The van der Waals surface area contributed by atoms with E-state index in [0.717, 1.165) is 16.8 Å². The molecule has 3 aromatic rings. The molecule has 0 aliphatic carbocycles. The number of nitro benzene ring substituents is 1. The minimum absolute atomic E-state index is 0.00832. The predicted octanol–water partition coefficient (Wildman–Crippen LogP) is 2.49. The zero-order chi connectivity index (χ0) is 14.8. The average molecular weight is 283 g/mol. The highest BCUT2D eigenvalue weighted by Crippen LogP contribution is 2.28. The highest BCUT2D eigenvalue weighted by molar-refractivity contribution is 5.96. The van der Waals surface area contributed by atoms with Crippen LogP contribution >= 0.6 is 0 Å². The summed E-state index contributed by atoms with van der Waals surface area (Å²) in [6.07, 6.45) is 3.43. The van der Waals surface area contributed by atoms with Gasteiger partial charge in [0.2, 0.25) is 0 Å². The van der Waals surface area contributed by atoms with Crippen molar-refractivity contribution in [2.45, 2.75) is 6.54 Å². The Bertz CT molecular complexity index is 812. The second kappa shape index (κ2) is 5.20. The van der Waals surface area contributed by atoms with Gasteiger partial charge in [-0.2, -0.15) is 5.10 Å². The van der Waals surface area contributed by atoms with Gasteiger partial charge in [-0.3, -0.25) is 14.8 Å². The fraction of sp³-hybridized carbons (Fsp3) is 0.143. The van der Waals surface area contributed by atoms with Crippen LogP contribution in [0.25, 0.3) is 10.9 Å². The van der Waals surface area contributed by atoms with E-state index >= 15 is 0 Å². The largest absolute Gasteiger partial charge is 0.379 e. The van der Waals surface area contributed by atoms with E-state index in [1.54, 1.807) is 23.0 Å². The number of nitrogens with one attached hydrogen (secondary N) is 1. The summed E-state index contributed by atoms with van der Waals surface area (Å²) in [5, 5.41) is 19.3. The zero-order valence-electron chi connectivity index (χ0n) is 11.4. The molecule has 2 aromatic heterocycles. The number of para-hydroxylation sites is 1. The summed E-state index contributed by atoms with van der Waals surface area (Å²) in [6, 6.07) is 8.65. The third kappa shape index (κ3) is 2.53. The van der Waals surface area contributed by atoms with Crippen molar-refractivity contribution < 1.29 is 4.92 Å². The van der Waals surface area contributed by atoms with Crippen LogP contribution in [0.1, 0.15) is 5.69 Å². The highest BCUT2D eigenvalue weighted by atomic mass is 16.6. The minimum Gasteiger partial charge on any atom is -0.379 e. The van der Waals surface area contributed by atoms with Crippen molar-refractivity contribution in [1.29, 1.82) is 0 Å². The molecule has 0 aliphatic rings. The van der Waals surface area contributed by atoms with Gasteiger partial charge >= 0.3 is 0 Å². The Kier molecular flexibility index (Phi) is 3.23. The van der Waals surface area contributed by atoms with E-state index in [-0.39, 0.29) is 5.69 Å². The molecule has 0 saturated heterocycles. The number of hydrogen-bond acceptors (Lipinski definition) is 5. The second-order valence-corrected chi connectivity index (χ2v) is 4.62. The molecule has 7 heteroatoms. The van der Waals surface area contributed by atoms with Crippen LogP contribution in [0.2, 0.25) is 0 Å². The third-order valence-electron chi connectivity index (χ3n) is 3.18. The van der Waals surface area contributed by atoms with Crippen molar-refractivity contribution in [2.75, 3.05) is 5.32 Å². The molecule has 0 saturated carbocycles. The summed E-state index contributed by atoms with van der Waals surface area (Å²) in [5.74, 6) is 0. The predicted molar refractivity (Wildman–Crippen MR) is 78.9 cm³/mol. The zero-order valence-corrected chi connectivity index (χ0v) is 11.4. The molecular weight excluding hydrogens is 270 g/mol. The van der Waals surface area contributed by atoms with Gasteiger partial charge in [-0.25, -0.2) is 4.98 Å². The van der Waals surface area contributed by atoms with E-state index in [2.05, 4.69) is 15.4 Å². The average Bonchev–Trinajstić information content (AvgIpc) is 2.90. The van der Waals surface area contributed by atoms with Gasteiger partial charge in [-0.15, -0.1) is 0 Å². The van der Waals surface area contributed by atoms with Gasteiger partial charge in [0, 0.05) is 36.6 Å². The quantitative estimate of drug-likeness (QED) is 0.587. The molecule has 0 fully saturated rings. The third-order valence-corrected chi connectivity index (χ3v) is 3.18. The van der Waals surface area contributed by atoms with Gasteiger partial charge < -0.3 is 5.32 Å². The SMILES string of the molecule is Cn1ccc(CNc2ccnc3c([N+](=O)[O-])cccc23)n1. The molecule has 3 rings (SSSR count). The fourth-order valence-corrected chi connectivity index (χ4v) is 2.21. The number of nitro groups is 1. The number of fused-ring (bicyclic) bond motifs is 1. The van der Waals surface area contributed by atoms with E-state index in [1.807, 2.05) is 25.4 Å². The molecule has 0 unspecified atom stereocenters. The van der Waals surface area contributed by atoms with E-state index in [4.69, 9.17) is 0 Å². The molecule has 1 aromatic carbocycles. The van der Waals surface area contributed by atoms with Gasteiger partial charge in [-0.05, 0) is 12.1 Å². The Morgan fingerprint density at radius 2 is 2.19 bits per heavy atom. The summed E-state index contributed by atoms with van der Waals surface area (Å²) in [6.45, 7) is 0.544. The van der Waals surface area contributed by atoms with Gasteiger partial charge in [0.05, 0.1) is 17.2 Å². The van der Waals surface area contributed by atoms with Crippen molar-refractivity contribution in [3.8, 4) is 0 Å². The number of aromatic nitrogens is 3. The Morgan fingerprint density at radius 3 is 2.90 bits per heavy atom. The van der Waals surface area contributed by atoms with Crippen LogP contribution in [0.3, 0.4) is 0 Å². The molecule has 0 radical (unpaired) electrons. The maximum atomic E-state index is 11.0. The number of non-ortho nitro benzene ring substituents is 1. The van der Waals surface area contributed by atoms with Crippen LogP contribution in [-0.4, -0.2) is 19.7 Å². The first kappa shape index (κ1) is 13.0. The van der Waals surface area contributed by atoms with E-state index in [1.165, 1.54) is 6.07 Å². The Balaban J connectivity index is 1.95. The molecule has 7 nitrogen and oxygen atoms in total. The molecule has 0 spiro atoms. The lowest BCUT2D eigenvalue weighted by molar-refractivity contribution is -0.383. The topological polar surface area (TPSA) is 85.9 Å². The monoisotopic (exact) mass is 283 g/mol. The van der Waals surface area contributed by atoms with Gasteiger partial charge in [0.25, 0.3) is 5.69 Å². The Labute approximate surface area is 120 Å². The molecule has 0 atom stereocenters. The summed E-state index contributed by atoms with van der Waals surface area (Å²) in [4.78, 5) is 14.7. The number of hydrogen-bond donors (Lipinski definition) is 1. The van der Waals surface area contributed by atoms with Crippen LogP contribution in [0.5, 0.6) is 0 Å². The summed E-state index contributed by atoms with van der Waals surface area (Å²) >= 11 is 0. The van der Waals surface area contributed by atoms with Crippen molar-refractivity contribution in [1.82, 2.24) is 14.8 Å². The van der Waals surface area contributed by atoms with E-state index in [9.17, 15) is 10.1 Å².